The molecular formula is C17H18N2O3S. The molecule has 0 aliphatic carbocycles. The van der Waals surface area contributed by atoms with Gasteiger partial charge >= 0.3 is 0 Å². The van der Waals surface area contributed by atoms with Crippen molar-refractivity contribution in [3.8, 4) is 0 Å². The minimum Gasteiger partial charge on any atom is -0.464 e. The Morgan fingerprint density at radius 1 is 1.30 bits per heavy atom. The number of rotatable bonds is 4. The molecule has 1 aromatic carbocycles. The van der Waals surface area contributed by atoms with E-state index in [1.807, 2.05) is 43.3 Å². The van der Waals surface area contributed by atoms with Gasteiger partial charge in [0.15, 0.2) is 0 Å². The molecule has 0 bridgehead atoms. The molecule has 1 aromatic heterocycles. The van der Waals surface area contributed by atoms with Gasteiger partial charge in [-0.1, -0.05) is 12.1 Å². The molecule has 0 radical (unpaired) electrons. The molecule has 1 aliphatic rings. The quantitative estimate of drug-likeness (QED) is 0.936. The zero-order valence-electron chi connectivity index (χ0n) is 13.0. The summed E-state index contributed by atoms with van der Waals surface area (Å²) in [6.07, 6.45) is 0.168. The average Bonchev–Trinajstić information content (AvgIpc) is 2.93. The second-order valence-electron chi connectivity index (χ2n) is 5.56. The largest absolute Gasteiger partial charge is 0.464 e. The van der Waals surface area contributed by atoms with Crippen LogP contribution >= 0.6 is 11.8 Å². The monoisotopic (exact) mass is 330 g/mol. The summed E-state index contributed by atoms with van der Waals surface area (Å²) in [5.41, 5.74) is 0.811. The number of fused-ring (bicyclic) bond motifs is 1. The maximum atomic E-state index is 12.4. The second-order valence-corrected chi connectivity index (χ2v) is 6.80. The van der Waals surface area contributed by atoms with E-state index in [9.17, 15) is 9.59 Å². The molecule has 5 nitrogen and oxygen atoms in total. The molecule has 2 heterocycles. The number of carbonyl (C=O) groups is 2. The van der Waals surface area contributed by atoms with Crippen LogP contribution in [0.4, 0.5) is 5.69 Å². The van der Waals surface area contributed by atoms with E-state index >= 15 is 0 Å². The number of para-hydroxylation sites is 1. The van der Waals surface area contributed by atoms with Crippen LogP contribution in [0.1, 0.15) is 17.9 Å². The summed E-state index contributed by atoms with van der Waals surface area (Å²) in [5.74, 6) is 1.36. The van der Waals surface area contributed by atoms with Gasteiger partial charge in [0.25, 0.3) is 0 Å². The van der Waals surface area contributed by atoms with Crippen LogP contribution in [0.15, 0.2) is 45.7 Å². The average molecular weight is 330 g/mol. The van der Waals surface area contributed by atoms with E-state index in [4.69, 9.17) is 4.42 Å². The molecule has 3 rings (SSSR count). The van der Waals surface area contributed by atoms with Crippen LogP contribution < -0.4 is 5.32 Å². The molecule has 1 aliphatic heterocycles. The van der Waals surface area contributed by atoms with E-state index in [1.54, 1.807) is 11.9 Å². The number of furan rings is 1. The number of nitrogens with zero attached hydrogens (tertiary/aromatic N) is 1. The highest BCUT2D eigenvalue weighted by Gasteiger charge is 2.29. The Kier molecular flexibility index (Phi) is 4.43. The van der Waals surface area contributed by atoms with Crippen LogP contribution in [0, 0.1) is 6.92 Å². The topological polar surface area (TPSA) is 62.6 Å². The molecule has 6 heteroatoms. The summed E-state index contributed by atoms with van der Waals surface area (Å²) in [6, 6.07) is 11.3. The molecule has 2 aromatic rings. The van der Waals surface area contributed by atoms with Gasteiger partial charge in [-0.05, 0) is 31.2 Å². The maximum absolute atomic E-state index is 12.4. The minimum absolute atomic E-state index is 0.0777. The fourth-order valence-corrected chi connectivity index (χ4v) is 3.54. The third-order valence-electron chi connectivity index (χ3n) is 3.68. The molecule has 2 amide bonds. The summed E-state index contributed by atoms with van der Waals surface area (Å²) in [5, 5.41) is 2.45. The predicted octanol–water partition coefficient (Wildman–Crippen LogP) is 3.05. The van der Waals surface area contributed by atoms with Crippen LogP contribution in [-0.4, -0.2) is 29.0 Å². The lowest BCUT2D eigenvalue weighted by atomic mass is 10.2. The Morgan fingerprint density at radius 2 is 2.09 bits per heavy atom. The van der Waals surface area contributed by atoms with E-state index in [1.165, 1.54) is 11.8 Å². The molecule has 0 spiro atoms. The zero-order chi connectivity index (χ0) is 16.4. The number of benzene rings is 1. The van der Waals surface area contributed by atoms with E-state index in [0.717, 1.165) is 22.1 Å². The smallest absolute Gasteiger partial charge is 0.238 e. The lowest BCUT2D eigenvalue weighted by molar-refractivity contribution is -0.132. The molecular weight excluding hydrogens is 312 g/mol. The van der Waals surface area contributed by atoms with Crippen molar-refractivity contribution in [1.82, 2.24) is 4.90 Å². The van der Waals surface area contributed by atoms with E-state index in [-0.39, 0.29) is 18.2 Å². The number of aryl methyl sites for hydroxylation is 1. The molecule has 23 heavy (non-hydrogen) atoms. The third-order valence-corrected chi connectivity index (χ3v) is 4.96. The van der Waals surface area contributed by atoms with E-state index in [2.05, 4.69) is 5.32 Å². The minimum atomic E-state index is -0.404. The van der Waals surface area contributed by atoms with Gasteiger partial charge < -0.3 is 14.6 Å². The number of anilines is 1. The van der Waals surface area contributed by atoms with Gasteiger partial charge in [-0.15, -0.1) is 11.8 Å². The van der Waals surface area contributed by atoms with Gasteiger partial charge in [0.2, 0.25) is 11.8 Å². The summed E-state index contributed by atoms with van der Waals surface area (Å²) in [6.45, 7) is 2.27. The van der Waals surface area contributed by atoms with Crippen LogP contribution in [0.5, 0.6) is 0 Å². The Morgan fingerprint density at radius 3 is 2.83 bits per heavy atom. The Balaban J connectivity index is 1.62. The van der Waals surface area contributed by atoms with Crippen LogP contribution in [0.3, 0.4) is 0 Å². The molecule has 0 saturated carbocycles. The van der Waals surface area contributed by atoms with Gasteiger partial charge in [0.05, 0.1) is 17.5 Å². The number of thioether (sulfide) groups is 1. The lowest BCUT2D eigenvalue weighted by Gasteiger charge is -2.25. The summed E-state index contributed by atoms with van der Waals surface area (Å²) < 4.78 is 5.48. The van der Waals surface area contributed by atoms with Crippen LogP contribution in [0.2, 0.25) is 0 Å². The van der Waals surface area contributed by atoms with Gasteiger partial charge in [-0.25, -0.2) is 0 Å². The molecule has 0 unspecified atom stereocenters. The molecule has 1 atom stereocenters. The van der Waals surface area contributed by atoms with E-state index in [0.29, 0.717) is 6.54 Å². The Hall–Kier alpha value is -2.21. The van der Waals surface area contributed by atoms with Gasteiger partial charge in [0.1, 0.15) is 11.5 Å². The summed E-state index contributed by atoms with van der Waals surface area (Å²) in [7, 11) is 1.72. The SMILES string of the molecule is Cc1ccc(CN(C)C(=O)C[C@H]2Sc3ccccc3NC2=O)o1. The fraction of sp³-hybridized carbons (Fsp3) is 0.294. The zero-order valence-corrected chi connectivity index (χ0v) is 13.9. The van der Waals surface area contributed by atoms with E-state index < -0.39 is 5.25 Å². The lowest BCUT2D eigenvalue weighted by Crippen LogP contribution is -2.35. The molecule has 0 fully saturated rings. The Bertz CT molecular complexity index is 741. The first kappa shape index (κ1) is 15.7. The highest BCUT2D eigenvalue weighted by molar-refractivity contribution is 8.01. The second kappa shape index (κ2) is 6.50. The number of carbonyl (C=O) groups excluding carboxylic acids is 2. The van der Waals surface area contributed by atoms with Crippen molar-refractivity contribution in [2.75, 3.05) is 12.4 Å². The van der Waals surface area contributed by atoms with Crippen molar-refractivity contribution >= 4 is 29.3 Å². The van der Waals surface area contributed by atoms with Crippen LogP contribution in [0.25, 0.3) is 0 Å². The predicted molar refractivity (Wildman–Crippen MR) is 89.3 cm³/mol. The summed E-state index contributed by atoms with van der Waals surface area (Å²) >= 11 is 1.44. The van der Waals surface area contributed by atoms with Crippen molar-refractivity contribution in [2.45, 2.75) is 30.0 Å². The van der Waals surface area contributed by atoms with Crippen molar-refractivity contribution in [3.05, 3.63) is 47.9 Å². The highest BCUT2D eigenvalue weighted by atomic mass is 32.2. The van der Waals surface area contributed by atoms with Gasteiger partial charge in [0, 0.05) is 18.4 Å². The van der Waals surface area contributed by atoms with Gasteiger partial charge in [-0.2, -0.15) is 0 Å². The Labute approximate surface area is 139 Å². The van der Waals surface area contributed by atoms with Crippen LogP contribution in [-0.2, 0) is 16.1 Å². The third kappa shape index (κ3) is 3.59. The number of hydrogen-bond donors (Lipinski definition) is 1. The fourth-order valence-electron chi connectivity index (χ4n) is 2.43. The first-order valence-electron chi connectivity index (χ1n) is 7.39. The maximum Gasteiger partial charge on any atom is 0.238 e. The number of hydrogen-bond acceptors (Lipinski definition) is 4. The number of nitrogens with one attached hydrogen (secondary N) is 1. The van der Waals surface area contributed by atoms with Gasteiger partial charge in [-0.3, -0.25) is 9.59 Å². The summed E-state index contributed by atoms with van der Waals surface area (Å²) in [4.78, 5) is 27.1. The standard InChI is InChI=1S/C17H18N2O3S/c1-11-7-8-12(22-11)10-19(2)16(20)9-15-17(21)18-13-5-3-4-6-14(13)23-15/h3-8,15H,9-10H2,1-2H3,(H,18,21)/t15-/m1/s1. The van der Waals surface area contributed by atoms with Crippen molar-refractivity contribution < 1.29 is 14.0 Å². The normalized spacial score (nSPS) is 16.6. The highest BCUT2D eigenvalue weighted by Crippen LogP contribution is 2.36. The molecule has 0 saturated heterocycles. The first-order valence-corrected chi connectivity index (χ1v) is 8.27. The first-order chi connectivity index (χ1) is 11.0. The number of amides is 2. The molecule has 1 N–H and O–H groups in total. The van der Waals surface area contributed by atoms with Crippen molar-refractivity contribution in [1.29, 1.82) is 0 Å². The molecule has 120 valence electrons. The van der Waals surface area contributed by atoms with Crippen molar-refractivity contribution in [3.63, 3.8) is 0 Å². The van der Waals surface area contributed by atoms with Crippen molar-refractivity contribution in [2.24, 2.45) is 0 Å².